The minimum atomic E-state index is -0.0206. The summed E-state index contributed by atoms with van der Waals surface area (Å²) in [5.74, 6) is 0.277. The zero-order valence-corrected chi connectivity index (χ0v) is 17.2. The molecule has 1 heterocycles. The summed E-state index contributed by atoms with van der Waals surface area (Å²) in [6.45, 7) is 3.32. The number of hydrogen-bond donors (Lipinski definition) is 4. The quantitative estimate of drug-likeness (QED) is 0.558. The summed E-state index contributed by atoms with van der Waals surface area (Å²) in [6.07, 6.45) is 2.42. The summed E-state index contributed by atoms with van der Waals surface area (Å²) < 4.78 is 0. The number of benzene rings is 2. The third kappa shape index (κ3) is 4.86. The van der Waals surface area contributed by atoms with E-state index in [-0.39, 0.29) is 23.5 Å². The first-order chi connectivity index (χ1) is 14.4. The summed E-state index contributed by atoms with van der Waals surface area (Å²) in [4.78, 5) is 16.1. The second-order valence-corrected chi connectivity index (χ2v) is 7.46. The Morgan fingerprint density at radius 2 is 1.73 bits per heavy atom. The Hall–Kier alpha value is -3.61. The highest BCUT2D eigenvalue weighted by molar-refractivity contribution is 5.74. The average Bonchev–Trinajstić information content (AvgIpc) is 2.72. The normalized spacial score (nSPS) is 17.0. The van der Waals surface area contributed by atoms with Gasteiger partial charge in [-0.2, -0.15) is 0 Å². The Morgan fingerprint density at radius 3 is 2.37 bits per heavy atom. The largest absolute Gasteiger partial charge is 0.507 e. The molecule has 1 fully saturated rings. The highest BCUT2D eigenvalue weighted by Crippen LogP contribution is 2.25. The fourth-order valence-electron chi connectivity index (χ4n) is 3.85. The van der Waals surface area contributed by atoms with Crippen LogP contribution in [0, 0.1) is 0 Å². The number of phenolic OH excluding ortho intramolecular Hbond substituents is 1. The van der Waals surface area contributed by atoms with Gasteiger partial charge in [-0.1, -0.05) is 42.5 Å². The maximum absolute atomic E-state index is 12.2. The van der Waals surface area contributed by atoms with E-state index in [0.717, 1.165) is 12.0 Å². The van der Waals surface area contributed by atoms with E-state index in [4.69, 9.17) is 17.2 Å². The Morgan fingerprint density at radius 1 is 1.07 bits per heavy atom. The number of para-hydroxylation sites is 1. The van der Waals surface area contributed by atoms with Crippen molar-refractivity contribution < 1.29 is 9.90 Å². The lowest BCUT2D eigenvalue weighted by Crippen LogP contribution is -2.55. The van der Waals surface area contributed by atoms with Gasteiger partial charge in [0.25, 0.3) is 0 Å². The highest BCUT2D eigenvalue weighted by atomic mass is 16.3. The van der Waals surface area contributed by atoms with Crippen LogP contribution in [0.5, 0.6) is 5.75 Å². The van der Waals surface area contributed by atoms with Crippen molar-refractivity contribution >= 4 is 11.6 Å². The van der Waals surface area contributed by atoms with Crippen molar-refractivity contribution in [3.05, 3.63) is 83.3 Å². The lowest BCUT2D eigenvalue weighted by molar-refractivity contribution is -0.133. The van der Waals surface area contributed by atoms with Crippen LogP contribution in [0.4, 0.5) is 0 Å². The van der Waals surface area contributed by atoms with Gasteiger partial charge in [0.2, 0.25) is 5.91 Å². The van der Waals surface area contributed by atoms with Crippen LogP contribution in [-0.2, 0) is 11.2 Å². The summed E-state index contributed by atoms with van der Waals surface area (Å²) in [5, 5.41) is 10.1. The van der Waals surface area contributed by atoms with Gasteiger partial charge in [-0.25, -0.2) is 0 Å². The van der Waals surface area contributed by atoms with E-state index >= 15 is 0 Å². The Kier molecular flexibility index (Phi) is 6.51. The molecule has 1 aliphatic rings. The van der Waals surface area contributed by atoms with Crippen LogP contribution >= 0.6 is 0 Å². The number of allylic oxidation sites excluding steroid dienone is 1. The summed E-state index contributed by atoms with van der Waals surface area (Å²) in [5.41, 5.74) is 20.9. The van der Waals surface area contributed by atoms with Crippen molar-refractivity contribution in [1.82, 2.24) is 9.80 Å². The van der Waals surface area contributed by atoms with Crippen molar-refractivity contribution in [2.45, 2.75) is 19.4 Å². The van der Waals surface area contributed by atoms with Crippen LogP contribution in [0.2, 0.25) is 0 Å². The average molecular weight is 408 g/mol. The van der Waals surface area contributed by atoms with E-state index in [1.807, 2.05) is 23.1 Å². The number of phenols is 1. The van der Waals surface area contributed by atoms with Crippen molar-refractivity contribution in [3.63, 3.8) is 0 Å². The van der Waals surface area contributed by atoms with Gasteiger partial charge in [-0.15, -0.1) is 0 Å². The molecule has 158 valence electrons. The van der Waals surface area contributed by atoms with Crippen LogP contribution in [0.1, 0.15) is 18.1 Å². The molecule has 7 N–H and O–H groups in total. The zero-order chi connectivity index (χ0) is 21.7. The van der Waals surface area contributed by atoms with Crippen molar-refractivity contribution in [1.29, 1.82) is 0 Å². The minimum absolute atomic E-state index is 0.0206. The van der Waals surface area contributed by atoms with Crippen LogP contribution in [-0.4, -0.2) is 46.5 Å². The maximum Gasteiger partial charge on any atom is 0.219 e. The zero-order valence-electron chi connectivity index (χ0n) is 17.2. The molecule has 7 nitrogen and oxygen atoms in total. The number of aromatic hydroxyl groups is 1. The summed E-state index contributed by atoms with van der Waals surface area (Å²) in [7, 11) is 0. The third-order valence-electron chi connectivity index (χ3n) is 5.35. The number of rotatable bonds is 5. The molecule has 3 rings (SSSR count). The van der Waals surface area contributed by atoms with Crippen LogP contribution in [0.3, 0.4) is 0 Å². The fourth-order valence-corrected chi connectivity index (χ4v) is 3.85. The van der Waals surface area contributed by atoms with Crippen molar-refractivity contribution in [2.24, 2.45) is 17.2 Å². The summed E-state index contributed by atoms with van der Waals surface area (Å²) in [6, 6.07) is 16.9. The number of carbonyl (C=O) groups is 1. The number of amides is 1. The van der Waals surface area contributed by atoms with Gasteiger partial charge in [-0.3, -0.25) is 4.79 Å². The van der Waals surface area contributed by atoms with Gasteiger partial charge in [0.1, 0.15) is 11.6 Å². The number of piperazine rings is 1. The van der Waals surface area contributed by atoms with Gasteiger partial charge >= 0.3 is 0 Å². The van der Waals surface area contributed by atoms with Gasteiger partial charge in [0.05, 0.1) is 11.7 Å². The van der Waals surface area contributed by atoms with E-state index in [2.05, 4.69) is 17.0 Å². The van der Waals surface area contributed by atoms with E-state index in [0.29, 0.717) is 36.6 Å². The Balaban J connectivity index is 1.87. The first kappa shape index (κ1) is 21.1. The molecule has 1 amide bonds. The van der Waals surface area contributed by atoms with Crippen molar-refractivity contribution in [3.8, 4) is 5.75 Å². The standard InChI is InChI=1S/C23H29N5O2/c1-16(29)28-12-11-27(15-18(28)13-17-7-3-2-4-8-17)21(23(25)26)14-20(24)19-9-5-6-10-22(19)30/h2-10,14,18,30H,11-13,15,24-26H2,1H3/b20-14-. The second kappa shape index (κ2) is 9.26. The molecule has 0 saturated carbocycles. The molecule has 2 aromatic carbocycles. The Labute approximate surface area is 177 Å². The molecule has 2 aromatic rings. The molecule has 30 heavy (non-hydrogen) atoms. The smallest absolute Gasteiger partial charge is 0.219 e. The molecular weight excluding hydrogens is 378 g/mol. The molecule has 0 aromatic heterocycles. The molecule has 0 radical (unpaired) electrons. The molecule has 1 aliphatic heterocycles. The molecule has 1 unspecified atom stereocenters. The molecule has 0 bridgehead atoms. The molecular formula is C23H29N5O2. The molecule has 7 heteroatoms. The number of nitrogens with zero attached hydrogens (tertiary/aromatic N) is 2. The topological polar surface area (TPSA) is 122 Å². The van der Waals surface area contributed by atoms with Gasteiger partial charge in [-0.05, 0) is 30.2 Å². The first-order valence-electron chi connectivity index (χ1n) is 9.93. The summed E-state index contributed by atoms with van der Waals surface area (Å²) >= 11 is 0. The third-order valence-corrected chi connectivity index (χ3v) is 5.35. The molecule has 1 atom stereocenters. The van der Waals surface area contributed by atoms with E-state index in [9.17, 15) is 9.90 Å². The van der Waals surface area contributed by atoms with Crippen LogP contribution in [0.25, 0.3) is 5.70 Å². The molecule has 0 aliphatic carbocycles. The van der Waals surface area contributed by atoms with Crippen LogP contribution in [0.15, 0.2) is 72.2 Å². The SMILES string of the molecule is CC(=O)N1CCN(C(/C=C(\N)c2ccccc2O)=C(N)N)CC1Cc1ccccc1. The highest BCUT2D eigenvalue weighted by Gasteiger charge is 2.30. The van der Waals surface area contributed by atoms with Gasteiger partial charge < -0.3 is 32.1 Å². The van der Waals surface area contributed by atoms with E-state index < -0.39 is 0 Å². The first-order valence-corrected chi connectivity index (χ1v) is 9.93. The van der Waals surface area contributed by atoms with E-state index in [1.54, 1.807) is 37.3 Å². The van der Waals surface area contributed by atoms with E-state index in [1.165, 1.54) is 0 Å². The minimum Gasteiger partial charge on any atom is -0.507 e. The predicted molar refractivity (Wildman–Crippen MR) is 119 cm³/mol. The Bertz CT molecular complexity index is 951. The van der Waals surface area contributed by atoms with Gasteiger partial charge in [0, 0.05) is 37.8 Å². The number of nitrogens with two attached hydrogens (primary N) is 3. The lowest BCUT2D eigenvalue weighted by atomic mass is 10.0. The fraction of sp³-hybridized carbons (Fsp3) is 0.261. The second-order valence-electron chi connectivity index (χ2n) is 7.46. The monoisotopic (exact) mass is 407 g/mol. The molecule has 1 saturated heterocycles. The maximum atomic E-state index is 12.2. The predicted octanol–water partition coefficient (Wildman–Crippen LogP) is 1.55. The number of hydrogen-bond acceptors (Lipinski definition) is 6. The van der Waals surface area contributed by atoms with Crippen LogP contribution < -0.4 is 17.2 Å². The van der Waals surface area contributed by atoms with Gasteiger partial charge in [0.15, 0.2) is 0 Å². The lowest BCUT2D eigenvalue weighted by Gasteiger charge is -2.42. The molecule has 0 spiro atoms. The van der Waals surface area contributed by atoms with Crippen molar-refractivity contribution in [2.75, 3.05) is 19.6 Å². The number of carbonyl (C=O) groups excluding carboxylic acids is 1.